The predicted molar refractivity (Wildman–Crippen MR) is 65.7 cm³/mol. The normalized spacial score (nSPS) is 12.3. The van der Waals surface area contributed by atoms with E-state index >= 15 is 0 Å². The summed E-state index contributed by atoms with van der Waals surface area (Å²) in [5.41, 5.74) is 2.11. The Morgan fingerprint density at radius 3 is 2.56 bits per heavy atom. The van der Waals surface area contributed by atoms with Gasteiger partial charge in [-0.2, -0.15) is 0 Å². The topological polar surface area (TPSA) is 64.3 Å². The standard InChI is InChI=1S/C11H15BrN2O2/c1-7(2)10(11(15)14-13)16-9-6-4-3-5-8(9)12/h3-7,10H,13H2,1-2H3,(H,14,15). The third-order valence-electron chi connectivity index (χ3n) is 2.10. The quantitative estimate of drug-likeness (QED) is 0.504. The molecule has 5 heteroatoms. The summed E-state index contributed by atoms with van der Waals surface area (Å²) in [5, 5.41) is 0. The van der Waals surface area contributed by atoms with Crippen molar-refractivity contribution in [3.05, 3.63) is 28.7 Å². The number of carbonyl (C=O) groups is 1. The van der Waals surface area contributed by atoms with E-state index in [0.717, 1.165) is 4.47 Å². The number of benzene rings is 1. The molecule has 0 spiro atoms. The lowest BCUT2D eigenvalue weighted by Gasteiger charge is -2.21. The maximum atomic E-state index is 11.5. The van der Waals surface area contributed by atoms with Gasteiger partial charge in [0.15, 0.2) is 6.10 Å². The number of amides is 1. The zero-order chi connectivity index (χ0) is 12.1. The van der Waals surface area contributed by atoms with Crippen molar-refractivity contribution in [2.24, 2.45) is 11.8 Å². The molecule has 0 heterocycles. The fourth-order valence-electron chi connectivity index (χ4n) is 1.25. The number of ether oxygens (including phenoxy) is 1. The Morgan fingerprint density at radius 1 is 1.44 bits per heavy atom. The van der Waals surface area contributed by atoms with Crippen LogP contribution >= 0.6 is 15.9 Å². The Bertz CT molecular complexity index is 369. The molecule has 0 saturated heterocycles. The van der Waals surface area contributed by atoms with Gasteiger partial charge in [0.25, 0.3) is 5.91 Å². The van der Waals surface area contributed by atoms with E-state index in [4.69, 9.17) is 10.6 Å². The molecule has 0 aliphatic rings. The number of hydrazine groups is 1. The van der Waals surface area contributed by atoms with Gasteiger partial charge in [-0.25, -0.2) is 5.84 Å². The van der Waals surface area contributed by atoms with Crippen molar-refractivity contribution in [2.75, 3.05) is 0 Å². The van der Waals surface area contributed by atoms with Gasteiger partial charge in [-0.05, 0) is 34.0 Å². The van der Waals surface area contributed by atoms with Gasteiger partial charge in [-0.15, -0.1) is 0 Å². The molecule has 1 rings (SSSR count). The van der Waals surface area contributed by atoms with Gasteiger partial charge in [-0.1, -0.05) is 26.0 Å². The molecule has 1 amide bonds. The number of carbonyl (C=O) groups excluding carboxylic acids is 1. The molecule has 88 valence electrons. The molecular weight excluding hydrogens is 272 g/mol. The SMILES string of the molecule is CC(C)C(Oc1ccccc1Br)C(=O)NN. The first-order chi connectivity index (χ1) is 7.56. The van der Waals surface area contributed by atoms with Gasteiger partial charge in [0.1, 0.15) is 5.75 Å². The van der Waals surface area contributed by atoms with E-state index in [1.54, 1.807) is 6.07 Å². The molecule has 1 aromatic rings. The monoisotopic (exact) mass is 286 g/mol. The van der Waals surface area contributed by atoms with Crippen molar-refractivity contribution in [3.63, 3.8) is 0 Å². The highest BCUT2D eigenvalue weighted by atomic mass is 79.9. The molecule has 0 radical (unpaired) electrons. The van der Waals surface area contributed by atoms with Crippen LogP contribution in [0.2, 0.25) is 0 Å². The number of para-hydroxylation sites is 1. The lowest BCUT2D eigenvalue weighted by atomic mass is 10.1. The van der Waals surface area contributed by atoms with Crippen molar-refractivity contribution >= 4 is 21.8 Å². The molecule has 0 aromatic heterocycles. The fraction of sp³-hybridized carbons (Fsp3) is 0.364. The molecule has 0 fully saturated rings. The van der Waals surface area contributed by atoms with Crippen LogP contribution in [-0.4, -0.2) is 12.0 Å². The van der Waals surface area contributed by atoms with Crippen LogP contribution in [0.1, 0.15) is 13.8 Å². The maximum Gasteiger partial charge on any atom is 0.275 e. The van der Waals surface area contributed by atoms with E-state index in [2.05, 4.69) is 21.4 Å². The van der Waals surface area contributed by atoms with Gasteiger partial charge in [-0.3, -0.25) is 10.2 Å². The van der Waals surface area contributed by atoms with Gasteiger partial charge >= 0.3 is 0 Å². The molecule has 16 heavy (non-hydrogen) atoms. The highest BCUT2D eigenvalue weighted by molar-refractivity contribution is 9.10. The first kappa shape index (κ1) is 13.0. The van der Waals surface area contributed by atoms with E-state index < -0.39 is 6.10 Å². The zero-order valence-electron chi connectivity index (χ0n) is 9.24. The third-order valence-corrected chi connectivity index (χ3v) is 2.75. The van der Waals surface area contributed by atoms with E-state index in [9.17, 15) is 4.79 Å². The number of halogens is 1. The van der Waals surface area contributed by atoms with Gasteiger partial charge in [0.05, 0.1) is 4.47 Å². The lowest BCUT2D eigenvalue weighted by molar-refractivity contribution is -0.129. The van der Waals surface area contributed by atoms with Crippen LogP contribution in [0.5, 0.6) is 5.75 Å². The first-order valence-electron chi connectivity index (χ1n) is 4.98. The zero-order valence-corrected chi connectivity index (χ0v) is 10.8. The van der Waals surface area contributed by atoms with Crippen LogP contribution in [0.15, 0.2) is 28.7 Å². The number of nitrogens with two attached hydrogens (primary N) is 1. The van der Waals surface area contributed by atoms with Crippen LogP contribution in [0.25, 0.3) is 0 Å². The van der Waals surface area contributed by atoms with Crippen molar-refractivity contribution in [2.45, 2.75) is 20.0 Å². The number of hydrogen-bond acceptors (Lipinski definition) is 3. The van der Waals surface area contributed by atoms with Crippen LogP contribution in [0.4, 0.5) is 0 Å². The Hall–Kier alpha value is -1.07. The van der Waals surface area contributed by atoms with Crippen molar-refractivity contribution < 1.29 is 9.53 Å². The largest absolute Gasteiger partial charge is 0.479 e. The van der Waals surface area contributed by atoms with E-state index in [1.165, 1.54) is 0 Å². The summed E-state index contributed by atoms with van der Waals surface area (Å²) >= 11 is 3.36. The highest BCUT2D eigenvalue weighted by Gasteiger charge is 2.23. The lowest BCUT2D eigenvalue weighted by Crippen LogP contribution is -2.44. The summed E-state index contributed by atoms with van der Waals surface area (Å²) in [6.45, 7) is 3.80. The Balaban J connectivity index is 2.84. The van der Waals surface area contributed by atoms with Gasteiger partial charge in [0, 0.05) is 0 Å². The van der Waals surface area contributed by atoms with E-state index in [-0.39, 0.29) is 11.8 Å². The van der Waals surface area contributed by atoms with Crippen LogP contribution in [0.3, 0.4) is 0 Å². The summed E-state index contributed by atoms with van der Waals surface area (Å²) in [4.78, 5) is 11.5. The summed E-state index contributed by atoms with van der Waals surface area (Å²) in [7, 11) is 0. The van der Waals surface area contributed by atoms with Crippen molar-refractivity contribution in [3.8, 4) is 5.75 Å². The van der Waals surface area contributed by atoms with Crippen LogP contribution in [-0.2, 0) is 4.79 Å². The fourth-order valence-corrected chi connectivity index (χ4v) is 1.63. The average Bonchev–Trinajstić information content (AvgIpc) is 2.26. The highest BCUT2D eigenvalue weighted by Crippen LogP contribution is 2.26. The second-order valence-electron chi connectivity index (χ2n) is 3.72. The Labute approximate surface area is 103 Å². The molecule has 0 aliphatic carbocycles. The molecule has 3 N–H and O–H groups in total. The number of rotatable bonds is 4. The third kappa shape index (κ3) is 3.21. The molecule has 0 saturated carbocycles. The second-order valence-corrected chi connectivity index (χ2v) is 4.58. The Morgan fingerprint density at radius 2 is 2.06 bits per heavy atom. The summed E-state index contributed by atoms with van der Waals surface area (Å²) < 4.78 is 6.43. The first-order valence-corrected chi connectivity index (χ1v) is 5.77. The Kier molecular flexibility index (Phi) is 4.76. The minimum absolute atomic E-state index is 0.0376. The van der Waals surface area contributed by atoms with E-state index in [0.29, 0.717) is 5.75 Å². The number of hydrogen-bond donors (Lipinski definition) is 2. The van der Waals surface area contributed by atoms with Crippen LogP contribution < -0.4 is 16.0 Å². The molecular formula is C11H15BrN2O2. The summed E-state index contributed by atoms with van der Waals surface area (Å²) in [5.74, 6) is 5.45. The van der Waals surface area contributed by atoms with Gasteiger partial charge in [0.2, 0.25) is 0 Å². The van der Waals surface area contributed by atoms with E-state index in [1.807, 2.05) is 32.0 Å². The predicted octanol–water partition coefficient (Wildman–Crippen LogP) is 1.84. The average molecular weight is 287 g/mol. The molecule has 0 aliphatic heterocycles. The molecule has 0 bridgehead atoms. The minimum atomic E-state index is -0.594. The number of nitrogens with one attached hydrogen (secondary N) is 1. The van der Waals surface area contributed by atoms with Crippen molar-refractivity contribution in [1.82, 2.24) is 5.43 Å². The second kappa shape index (κ2) is 5.86. The molecule has 1 unspecified atom stereocenters. The summed E-state index contributed by atoms with van der Waals surface area (Å²) in [6.07, 6.45) is -0.594. The molecule has 1 atom stereocenters. The molecule has 4 nitrogen and oxygen atoms in total. The maximum absolute atomic E-state index is 11.5. The van der Waals surface area contributed by atoms with Gasteiger partial charge < -0.3 is 4.74 Å². The van der Waals surface area contributed by atoms with Crippen molar-refractivity contribution in [1.29, 1.82) is 0 Å². The van der Waals surface area contributed by atoms with Crippen LogP contribution in [0, 0.1) is 5.92 Å². The minimum Gasteiger partial charge on any atom is -0.479 e. The summed E-state index contributed by atoms with van der Waals surface area (Å²) in [6, 6.07) is 7.37. The molecule has 1 aromatic carbocycles. The smallest absolute Gasteiger partial charge is 0.275 e.